The van der Waals surface area contributed by atoms with Crippen molar-refractivity contribution in [3.63, 3.8) is 0 Å². The molecule has 0 saturated heterocycles. The summed E-state index contributed by atoms with van der Waals surface area (Å²) in [5.41, 5.74) is 6.16. The first-order chi connectivity index (χ1) is 12.9. The van der Waals surface area contributed by atoms with E-state index in [4.69, 9.17) is 4.74 Å². The summed E-state index contributed by atoms with van der Waals surface area (Å²) in [6.07, 6.45) is 2.18. The lowest BCUT2D eigenvalue weighted by Gasteiger charge is -2.09. The van der Waals surface area contributed by atoms with E-state index < -0.39 is 11.8 Å². The highest BCUT2D eigenvalue weighted by Crippen LogP contribution is 2.21. The van der Waals surface area contributed by atoms with Crippen LogP contribution < -0.4 is 10.7 Å². The maximum Gasteiger partial charge on any atom is 0.329 e. The zero-order valence-electron chi connectivity index (χ0n) is 15.6. The minimum Gasteiger partial charge on any atom is -0.385 e. The molecule has 144 valence electrons. The molecular weight excluding hydrogens is 412 g/mol. The molecule has 0 unspecified atom stereocenters. The number of amides is 2. The number of methoxy groups -OCH3 is 1. The third kappa shape index (κ3) is 5.77. The molecule has 0 aliphatic heterocycles. The van der Waals surface area contributed by atoms with Crippen LogP contribution in [0.4, 0.5) is 0 Å². The summed E-state index contributed by atoms with van der Waals surface area (Å²) in [6, 6.07) is 9.96. The molecule has 0 atom stereocenters. The molecule has 27 heavy (non-hydrogen) atoms. The standard InChI is InChI=1S/C19H23BrN4O3/c1-13-11-15(14(2)24(13)17-7-5-16(20)6-8-17)12-22-23-19(26)18(25)21-9-4-10-27-3/h5-8,11-12H,4,9-10H2,1-3H3,(H,21,25)(H,23,26)/b22-12-. The van der Waals surface area contributed by atoms with Crippen molar-refractivity contribution in [2.75, 3.05) is 20.3 Å². The lowest BCUT2D eigenvalue weighted by atomic mass is 10.2. The lowest BCUT2D eigenvalue weighted by molar-refractivity contribution is -0.139. The van der Waals surface area contributed by atoms with Crippen molar-refractivity contribution in [3.8, 4) is 5.69 Å². The van der Waals surface area contributed by atoms with E-state index in [9.17, 15) is 9.59 Å². The number of halogens is 1. The summed E-state index contributed by atoms with van der Waals surface area (Å²) in [5.74, 6) is -1.52. The number of aryl methyl sites for hydroxylation is 1. The summed E-state index contributed by atoms with van der Waals surface area (Å²) in [5, 5.41) is 6.40. The Balaban J connectivity index is 1.99. The molecule has 1 aromatic carbocycles. The van der Waals surface area contributed by atoms with Crippen molar-refractivity contribution in [1.29, 1.82) is 0 Å². The van der Waals surface area contributed by atoms with Gasteiger partial charge in [-0.05, 0) is 50.6 Å². The fourth-order valence-corrected chi connectivity index (χ4v) is 2.88. The smallest absolute Gasteiger partial charge is 0.329 e. The van der Waals surface area contributed by atoms with Crippen molar-refractivity contribution in [3.05, 3.63) is 51.8 Å². The summed E-state index contributed by atoms with van der Waals surface area (Å²) in [6.45, 7) is 4.87. The van der Waals surface area contributed by atoms with Gasteiger partial charge in [0.1, 0.15) is 0 Å². The average Bonchev–Trinajstić information content (AvgIpc) is 2.93. The predicted octanol–water partition coefficient (Wildman–Crippen LogP) is 2.46. The Morgan fingerprint density at radius 2 is 1.93 bits per heavy atom. The third-order valence-corrected chi connectivity index (χ3v) is 4.47. The minimum atomic E-state index is -0.801. The maximum atomic E-state index is 11.7. The second kappa shape index (κ2) is 10.0. The fourth-order valence-electron chi connectivity index (χ4n) is 2.62. The highest BCUT2D eigenvalue weighted by atomic mass is 79.9. The van der Waals surface area contributed by atoms with Crippen molar-refractivity contribution < 1.29 is 14.3 Å². The number of ether oxygens (including phenoxy) is 1. The molecule has 0 aliphatic carbocycles. The lowest BCUT2D eigenvalue weighted by Crippen LogP contribution is -2.38. The summed E-state index contributed by atoms with van der Waals surface area (Å²) < 4.78 is 7.99. The van der Waals surface area contributed by atoms with Crippen LogP contribution in [0.5, 0.6) is 0 Å². The number of benzene rings is 1. The quantitative estimate of drug-likeness (QED) is 0.303. The number of hydrazone groups is 1. The van der Waals surface area contributed by atoms with Crippen LogP contribution in [0.1, 0.15) is 23.4 Å². The first kappa shape index (κ1) is 20.9. The van der Waals surface area contributed by atoms with Gasteiger partial charge in [-0.3, -0.25) is 9.59 Å². The third-order valence-electron chi connectivity index (χ3n) is 3.94. The van der Waals surface area contributed by atoms with E-state index in [-0.39, 0.29) is 0 Å². The number of nitrogens with zero attached hydrogens (tertiary/aromatic N) is 2. The average molecular weight is 435 g/mol. The molecule has 2 aromatic rings. The molecule has 2 rings (SSSR count). The van der Waals surface area contributed by atoms with E-state index >= 15 is 0 Å². The van der Waals surface area contributed by atoms with Crippen LogP contribution in [-0.2, 0) is 14.3 Å². The Hall–Kier alpha value is -2.45. The van der Waals surface area contributed by atoms with Gasteiger partial charge in [-0.15, -0.1) is 0 Å². The Morgan fingerprint density at radius 3 is 2.59 bits per heavy atom. The van der Waals surface area contributed by atoms with Gasteiger partial charge in [0.15, 0.2) is 0 Å². The Bertz CT molecular complexity index is 828. The van der Waals surface area contributed by atoms with Crippen LogP contribution in [0.2, 0.25) is 0 Å². The molecule has 0 aliphatic rings. The SMILES string of the molecule is COCCCNC(=O)C(=O)N/N=C\c1cc(C)n(-c2ccc(Br)cc2)c1C. The molecule has 7 nitrogen and oxygen atoms in total. The molecule has 0 radical (unpaired) electrons. The highest BCUT2D eigenvalue weighted by Gasteiger charge is 2.12. The zero-order valence-corrected chi connectivity index (χ0v) is 17.2. The number of carbonyl (C=O) groups excluding carboxylic acids is 2. The maximum absolute atomic E-state index is 11.7. The molecule has 1 aromatic heterocycles. The van der Waals surface area contributed by atoms with E-state index in [1.54, 1.807) is 7.11 Å². The van der Waals surface area contributed by atoms with Crippen LogP contribution >= 0.6 is 15.9 Å². The number of nitrogens with one attached hydrogen (secondary N) is 2. The normalized spacial score (nSPS) is 11.0. The highest BCUT2D eigenvalue weighted by molar-refractivity contribution is 9.10. The number of carbonyl (C=O) groups is 2. The van der Waals surface area contributed by atoms with Crippen LogP contribution in [0.15, 0.2) is 39.9 Å². The first-order valence-electron chi connectivity index (χ1n) is 8.49. The first-order valence-corrected chi connectivity index (χ1v) is 9.28. The van der Waals surface area contributed by atoms with E-state index in [0.717, 1.165) is 27.1 Å². The van der Waals surface area contributed by atoms with Crippen LogP contribution in [0, 0.1) is 13.8 Å². The second-order valence-electron chi connectivity index (χ2n) is 5.94. The largest absolute Gasteiger partial charge is 0.385 e. The van der Waals surface area contributed by atoms with Crippen LogP contribution in [-0.4, -0.2) is 42.9 Å². The molecule has 0 fully saturated rings. The molecule has 1 heterocycles. The van der Waals surface area contributed by atoms with Gasteiger partial charge in [0.05, 0.1) is 6.21 Å². The zero-order chi connectivity index (χ0) is 19.8. The fraction of sp³-hybridized carbons (Fsp3) is 0.316. The number of hydrogen-bond acceptors (Lipinski definition) is 4. The Morgan fingerprint density at radius 1 is 1.22 bits per heavy atom. The van der Waals surface area contributed by atoms with E-state index in [1.807, 2.05) is 44.2 Å². The molecule has 0 saturated carbocycles. The van der Waals surface area contributed by atoms with Crippen LogP contribution in [0.3, 0.4) is 0 Å². The van der Waals surface area contributed by atoms with E-state index in [1.165, 1.54) is 6.21 Å². The van der Waals surface area contributed by atoms with Gasteiger partial charge < -0.3 is 14.6 Å². The Labute approximate surface area is 166 Å². The predicted molar refractivity (Wildman–Crippen MR) is 108 cm³/mol. The Kier molecular flexibility index (Phi) is 7.75. The van der Waals surface area contributed by atoms with E-state index in [0.29, 0.717) is 19.6 Å². The number of rotatable bonds is 7. The molecule has 2 N–H and O–H groups in total. The van der Waals surface area contributed by atoms with Gasteiger partial charge in [0.25, 0.3) is 0 Å². The van der Waals surface area contributed by atoms with Crippen LogP contribution in [0.25, 0.3) is 5.69 Å². The summed E-state index contributed by atoms with van der Waals surface area (Å²) in [4.78, 5) is 23.4. The topological polar surface area (TPSA) is 84.7 Å². The van der Waals surface area contributed by atoms with Gasteiger partial charge in [-0.2, -0.15) is 5.10 Å². The molecule has 8 heteroatoms. The molecule has 2 amide bonds. The summed E-state index contributed by atoms with van der Waals surface area (Å²) in [7, 11) is 1.58. The van der Waals surface area contributed by atoms with Crippen molar-refractivity contribution in [1.82, 2.24) is 15.3 Å². The van der Waals surface area contributed by atoms with Gasteiger partial charge in [0, 0.05) is 47.4 Å². The minimum absolute atomic E-state index is 0.373. The van der Waals surface area contributed by atoms with Gasteiger partial charge in [-0.25, -0.2) is 5.43 Å². The summed E-state index contributed by atoms with van der Waals surface area (Å²) >= 11 is 3.43. The van der Waals surface area contributed by atoms with Gasteiger partial charge >= 0.3 is 11.8 Å². The van der Waals surface area contributed by atoms with Gasteiger partial charge in [0.2, 0.25) is 0 Å². The van der Waals surface area contributed by atoms with Crippen molar-refractivity contribution in [2.24, 2.45) is 5.10 Å². The molecule has 0 spiro atoms. The number of hydrogen-bond donors (Lipinski definition) is 2. The monoisotopic (exact) mass is 434 g/mol. The van der Waals surface area contributed by atoms with Gasteiger partial charge in [-0.1, -0.05) is 15.9 Å². The second-order valence-corrected chi connectivity index (χ2v) is 6.86. The van der Waals surface area contributed by atoms with Crippen molar-refractivity contribution >= 4 is 34.0 Å². The van der Waals surface area contributed by atoms with E-state index in [2.05, 4.69) is 36.3 Å². The molecule has 0 bridgehead atoms. The number of aromatic nitrogens is 1. The molecular formula is C19H23BrN4O3. The van der Waals surface area contributed by atoms with Crippen molar-refractivity contribution in [2.45, 2.75) is 20.3 Å².